The summed E-state index contributed by atoms with van der Waals surface area (Å²) < 4.78 is 11.5. The van der Waals surface area contributed by atoms with E-state index in [4.69, 9.17) is 9.47 Å². The first-order chi connectivity index (χ1) is 14.2. The maximum Gasteiger partial charge on any atom is 0.255 e. The zero-order chi connectivity index (χ0) is 20.9. The van der Waals surface area contributed by atoms with Gasteiger partial charge in [0.15, 0.2) is 0 Å². The van der Waals surface area contributed by atoms with Crippen molar-refractivity contribution >= 4 is 11.8 Å². The van der Waals surface area contributed by atoms with Crippen molar-refractivity contribution in [3.8, 4) is 11.5 Å². The van der Waals surface area contributed by atoms with Gasteiger partial charge in [-0.05, 0) is 24.3 Å². The van der Waals surface area contributed by atoms with E-state index < -0.39 is 0 Å². The molecule has 0 aromatic heterocycles. The first-order valence-corrected chi connectivity index (χ1v) is 9.39. The highest BCUT2D eigenvalue weighted by Gasteiger charge is 2.12. The first kappa shape index (κ1) is 21.8. The summed E-state index contributed by atoms with van der Waals surface area (Å²) in [5, 5.41) is 5.48. The maximum absolute atomic E-state index is 12.2. The predicted molar refractivity (Wildman–Crippen MR) is 114 cm³/mol. The Balaban J connectivity index is 1.85. The van der Waals surface area contributed by atoms with Gasteiger partial charge < -0.3 is 20.1 Å². The van der Waals surface area contributed by atoms with Gasteiger partial charge in [0.1, 0.15) is 11.5 Å². The Morgan fingerprint density at radius 1 is 0.759 bits per heavy atom. The minimum atomic E-state index is -0.212. The number of amides is 2. The Hall–Kier alpha value is -3.54. The number of hydrogen-bond donors (Lipinski definition) is 2. The lowest BCUT2D eigenvalue weighted by molar-refractivity contribution is 0.0946. The second-order valence-corrected chi connectivity index (χ2v) is 6.04. The monoisotopic (exact) mass is 394 g/mol. The van der Waals surface area contributed by atoms with E-state index in [0.717, 1.165) is 0 Å². The molecule has 0 aliphatic carbocycles. The number of ether oxygens (including phenoxy) is 2. The molecular formula is C23H26N2O4. The molecule has 0 heterocycles. The fourth-order valence-electron chi connectivity index (χ4n) is 2.50. The van der Waals surface area contributed by atoms with Crippen LogP contribution in [-0.4, -0.2) is 38.1 Å². The fourth-order valence-corrected chi connectivity index (χ4v) is 2.50. The minimum absolute atomic E-state index is 0.212. The molecule has 0 aliphatic heterocycles. The van der Waals surface area contributed by atoms with Crippen LogP contribution in [0, 0.1) is 0 Å². The number of nitrogens with one attached hydrogen (secondary N) is 2. The molecule has 0 saturated carbocycles. The number of para-hydroxylation sites is 2. The minimum Gasteiger partial charge on any atom is -0.493 e. The SMILES string of the molecule is C=CCNC(=O)c1ccccc1OCCCOc1ccccc1C(=O)NCC=C. The molecule has 0 aliphatic rings. The Morgan fingerprint density at radius 2 is 1.17 bits per heavy atom. The van der Waals surface area contributed by atoms with Crippen LogP contribution in [0.15, 0.2) is 73.8 Å². The largest absolute Gasteiger partial charge is 0.493 e. The van der Waals surface area contributed by atoms with Crippen molar-refractivity contribution in [3.63, 3.8) is 0 Å². The molecule has 0 saturated heterocycles. The Kier molecular flexibility index (Phi) is 9.02. The van der Waals surface area contributed by atoms with Crippen LogP contribution in [0.1, 0.15) is 27.1 Å². The van der Waals surface area contributed by atoms with Crippen LogP contribution < -0.4 is 20.1 Å². The van der Waals surface area contributed by atoms with Crippen LogP contribution in [0.4, 0.5) is 0 Å². The van der Waals surface area contributed by atoms with Gasteiger partial charge in [0, 0.05) is 19.5 Å². The molecule has 6 nitrogen and oxygen atoms in total. The summed E-state index contributed by atoms with van der Waals surface area (Å²) in [6.07, 6.45) is 3.83. The zero-order valence-corrected chi connectivity index (χ0v) is 16.4. The van der Waals surface area contributed by atoms with E-state index in [2.05, 4.69) is 23.8 Å². The molecule has 6 heteroatoms. The summed E-state index contributed by atoms with van der Waals surface area (Å²) in [6.45, 7) is 8.69. The summed E-state index contributed by atoms with van der Waals surface area (Å²) in [5.41, 5.74) is 0.944. The highest BCUT2D eigenvalue weighted by molar-refractivity contribution is 5.97. The van der Waals surface area contributed by atoms with Gasteiger partial charge in [-0.3, -0.25) is 9.59 Å². The molecule has 0 radical (unpaired) electrons. The van der Waals surface area contributed by atoms with Crippen LogP contribution in [0.3, 0.4) is 0 Å². The molecule has 29 heavy (non-hydrogen) atoms. The molecule has 0 bridgehead atoms. The number of carbonyl (C=O) groups is 2. The van der Waals surface area contributed by atoms with Gasteiger partial charge in [-0.2, -0.15) is 0 Å². The van der Waals surface area contributed by atoms with Crippen molar-refractivity contribution in [1.82, 2.24) is 10.6 Å². The standard InChI is InChI=1S/C23H26N2O4/c1-3-14-24-22(26)18-10-5-7-12-20(18)28-16-9-17-29-21-13-8-6-11-19(21)23(27)25-15-4-2/h3-8,10-13H,1-2,9,14-17H2,(H,24,26)(H,25,27). The number of rotatable bonds is 12. The van der Waals surface area contributed by atoms with E-state index in [-0.39, 0.29) is 11.8 Å². The van der Waals surface area contributed by atoms with Crippen molar-refractivity contribution < 1.29 is 19.1 Å². The van der Waals surface area contributed by atoms with Crippen molar-refractivity contribution in [2.24, 2.45) is 0 Å². The number of hydrogen-bond acceptors (Lipinski definition) is 4. The van der Waals surface area contributed by atoms with E-state index in [1.54, 1.807) is 48.6 Å². The normalized spacial score (nSPS) is 9.93. The second-order valence-electron chi connectivity index (χ2n) is 6.04. The van der Waals surface area contributed by atoms with Gasteiger partial charge in [-0.1, -0.05) is 36.4 Å². The molecule has 2 N–H and O–H groups in total. The predicted octanol–water partition coefficient (Wildman–Crippen LogP) is 3.37. The van der Waals surface area contributed by atoms with Crippen LogP contribution in [0.5, 0.6) is 11.5 Å². The van der Waals surface area contributed by atoms with Crippen LogP contribution in [0.2, 0.25) is 0 Å². The quantitative estimate of drug-likeness (QED) is 0.427. The third-order valence-electron chi connectivity index (χ3n) is 3.88. The Bertz CT molecular complexity index is 779. The summed E-state index contributed by atoms with van der Waals surface area (Å²) in [6, 6.07) is 14.1. The van der Waals surface area contributed by atoms with Gasteiger partial charge in [-0.25, -0.2) is 0 Å². The molecule has 2 aromatic rings. The summed E-state index contributed by atoms with van der Waals surface area (Å²) >= 11 is 0. The van der Waals surface area contributed by atoms with Crippen molar-refractivity contribution in [3.05, 3.63) is 85.0 Å². The van der Waals surface area contributed by atoms with E-state index in [1.807, 2.05) is 12.1 Å². The van der Waals surface area contributed by atoms with Gasteiger partial charge >= 0.3 is 0 Å². The van der Waals surface area contributed by atoms with Gasteiger partial charge in [-0.15, -0.1) is 13.2 Å². The lowest BCUT2D eigenvalue weighted by atomic mass is 10.2. The van der Waals surface area contributed by atoms with Crippen LogP contribution >= 0.6 is 0 Å². The highest BCUT2D eigenvalue weighted by atomic mass is 16.5. The van der Waals surface area contributed by atoms with E-state index >= 15 is 0 Å². The molecule has 0 spiro atoms. The summed E-state index contributed by atoms with van der Waals surface area (Å²) in [4.78, 5) is 24.3. The van der Waals surface area contributed by atoms with E-state index in [9.17, 15) is 9.59 Å². The Morgan fingerprint density at radius 3 is 1.59 bits per heavy atom. The molecule has 2 rings (SSSR count). The Labute approximate surface area is 171 Å². The first-order valence-electron chi connectivity index (χ1n) is 9.39. The summed E-state index contributed by atoms with van der Waals surface area (Å²) in [5.74, 6) is 0.601. The van der Waals surface area contributed by atoms with Crippen LogP contribution in [0.25, 0.3) is 0 Å². The van der Waals surface area contributed by atoms with Crippen molar-refractivity contribution in [2.75, 3.05) is 26.3 Å². The third kappa shape index (κ3) is 6.84. The lowest BCUT2D eigenvalue weighted by Gasteiger charge is -2.13. The third-order valence-corrected chi connectivity index (χ3v) is 3.88. The molecule has 2 aromatic carbocycles. The molecule has 0 atom stereocenters. The van der Waals surface area contributed by atoms with Gasteiger partial charge in [0.05, 0.1) is 24.3 Å². The smallest absolute Gasteiger partial charge is 0.255 e. The number of benzene rings is 2. The average Bonchev–Trinajstić information content (AvgIpc) is 2.76. The highest BCUT2D eigenvalue weighted by Crippen LogP contribution is 2.19. The van der Waals surface area contributed by atoms with E-state index in [1.165, 1.54) is 0 Å². The van der Waals surface area contributed by atoms with Crippen LogP contribution in [-0.2, 0) is 0 Å². The van der Waals surface area contributed by atoms with Crippen molar-refractivity contribution in [1.29, 1.82) is 0 Å². The lowest BCUT2D eigenvalue weighted by Crippen LogP contribution is -2.24. The topological polar surface area (TPSA) is 76.7 Å². The fraction of sp³-hybridized carbons (Fsp3) is 0.217. The molecular weight excluding hydrogens is 368 g/mol. The second kappa shape index (κ2) is 12.0. The molecule has 0 fully saturated rings. The summed E-state index contributed by atoms with van der Waals surface area (Å²) in [7, 11) is 0. The molecule has 0 unspecified atom stereocenters. The van der Waals surface area contributed by atoms with Gasteiger partial charge in [0.25, 0.3) is 11.8 Å². The molecule has 2 amide bonds. The van der Waals surface area contributed by atoms with E-state index in [0.29, 0.717) is 55.4 Å². The maximum atomic E-state index is 12.2. The van der Waals surface area contributed by atoms with Gasteiger partial charge in [0.2, 0.25) is 0 Å². The van der Waals surface area contributed by atoms with Crippen molar-refractivity contribution in [2.45, 2.75) is 6.42 Å². The zero-order valence-electron chi connectivity index (χ0n) is 16.4. The number of carbonyl (C=O) groups excluding carboxylic acids is 2. The molecule has 152 valence electrons. The average molecular weight is 394 g/mol.